The van der Waals surface area contributed by atoms with Gasteiger partial charge in [-0.15, -0.1) is 55.4 Å². The van der Waals surface area contributed by atoms with Gasteiger partial charge in [0.05, 0.1) is 0 Å². The van der Waals surface area contributed by atoms with Crippen LogP contribution in [0.2, 0.25) is 18.1 Å². The molecular formula is C28H60BrCl5MgSi2. The van der Waals surface area contributed by atoms with E-state index in [-0.39, 0.29) is 40.0 Å². The smallest absolute Gasteiger partial charge is 1.00 e. The van der Waals surface area contributed by atoms with Crippen molar-refractivity contribution in [3.05, 3.63) is 6.92 Å². The van der Waals surface area contributed by atoms with Crippen molar-refractivity contribution in [1.29, 1.82) is 0 Å². The predicted molar refractivity (Wildman–Crippen MR) is 181 cm³/mol. The van der Waals surface area contributed by atoms with E-state index in [4.69, 9.17) is 55.4 Å². The molecule has 0 aliphatic carbocycles. The van der Waals surface area contributed by atoms with Gasteiger partial charge in [-0.05, 0) is 30.0 Å². The van der Waals surface area contributed by atoms with Crippen LogP contribution in [0.15, 0.2) is 0 Å². The van der Waals surface area contributed by atoms with Crippen LogP contribution in [0, 0.1) is 18.8 Å². The van der Waals surface area contributed by atoms with Gasteiger partial charge in [-0.2, -0.15) is 6.42 Å². The molecule has 0 heterocycles. The van der Waals surface area contributed by atoms with Gasteiger partial charge in [0.1, 0.15) is 0 Å². The van der Waals surface area contributed by atoms with E-state index in [2.05, 4.69) is 48.5 Å². The van der Waals surface area contributed by atoms with Gasteiger partial charge in [-0.3, -0.25) is 0 Å². The summed E-state index contributed by atoms with van der Waals surface area (Å²) in [5.41, 5.74) is 0. The molecular weight excluding hydrogens is 674 g/mol. The summed E-state index contributed by atoms with van der Waals surface area (Å²) >= 11 is 29.6. The molecule has 0 aliphatic heterocycles. The minimum Gasteiger partial charge on any atom is -1.00 e. The van der Waals surface area contributed by atoms with Crippen LogP contribution in [0.5, 0.6) is 0 Å². The Morgan fingerprint density at radius 2 is 0.865 bits per heavy atom. The first-order valence-electron chi connectivity index (χ1n) is 14.5. The third-order valence-corrected chi connectivity index (χ3v) is 12.8. The molecule has 0 bridgehead atoms. The van der Waals surface area contributed by atoms with E-state index in [9.17, 15) is 0 Å². The van der Waals surface area contributed by atoms with Crippen LogP contribution in [-0.2, 0) is 0 Å². The fraction of sp³-hybridized carbons (Fsp3) is 0.964. The summed E-state index contributed by atoms with van der Waals surface area (Å²) in [7, 11) is 0. The minimum absolute atomic E-state index is 0. The Hall–Kier alpha value is 3.13. The number of hydrogen-bond donors (Lipinski definition) is 0. The maximum Gasteiger partial charge on any atom is 2.00 e. The third kappa shape index (κ3) is 55.7. The fourth-order valence-electron chi connectivity index (χ4n) is 3.81. The summed E-state index contributed by atoms with van der Waals surface area (Å²) in [6, 6.07) is 0.593. The van der Waals surface area contributed by atoms with Crippen LogP contribution >= 0.6 is 55.4 Å². The van der Waals surface area contributed by atoms with Crippen molar-refractivity contribution < 1.29 is 17.0 Å². The minimum atomic E-state index is -2.30. The molecule has 0 N–H and O–H groups in total. The topological polar surface area (TPSA) is 0 Å². The van der Waals surface area contributed by atoms with E-state index in [1.54, 1.807) is 0 Å². The summed E-state index contributed by atoms with van der Waals surface area (Å²) in [6.07, 6.45) is 21.8. The molecule has 0 amide bonds. The molecule has 0 aliphatic rings. The second-order valence-electron chi connectivity index (χ2n) is 10.9. The second kappa shape index (κ2) is 35.3. The first-order chi connectivity index (χ1) is 16.3. The van der Waals surface area contributed by atoms with Gasteiger partial charge in [0, 0.05) is 0 Å². The normalized spacial score (nSPS) is 11.2. The zero-order chi connectivity index (χ0) is 27.6. The summed E-state index contributed by atoms with van der Waals surface area (Å²) in [4.78, 5) is 0. The van der Waals surface area contributed by atoms with Crippen molar-refractivity contribution in [2.75, 3.05) is 0 Å². The molecule has 0 nitrogen and oxygen atoms in total. The Balaban J connectivity index is -0.000000147. The SMILES string of the molecule is CC(C)C[Si](Cl)(Cl)Cl.CCCCCCCCCC[Si](Cl)(Cl)CC(C)C.[Br-].[CH2-]CCCCCCCCC.[Mg+2]. The maximum atomic E-state index is 6.42. The zero-order valence-electron chi connectivity index (χ0n) is 25.3. The van der Waals surface area contributed by atoms with E-state index < -0.39 is 12.7 Å². The summed E-state index contributed by atoms with van der Waals surface area (Å²) < 4.78 is 0. The van der Waals surface area contributed by atoms with Gasteiger partial charge in [0.15, 0.2) is 0 Å². The Kier molecular flexibility index (Phi) is 47.5. The van der Waals surface area contributed by atoms with Crippen LogP contribution < -0.4 is 17.0 Å². The predicted octanol–water partition coefficient (Wildman–Crippen LogP) is 10.6. The van der Waals surface area contributed by atoms with Crippen LogP contribution in [0.4, 0.5) is 0 Å². The van der Waals surface area contributed by atoms with Crippen molar-refractivity contribution in [3.63, 3.8) is 0 Å². The van der Waals surface area contributed by atoms with Crippen LogP contribution in [0.25, 0.3) is 0 Å². The molecule has 0 spiro atoms. The van der Waals surface area contributed by atoms with Gasteiger partial charge in [-0.25, -0.2) is 0 Å². The first-order valence-corrected chi connectivity index (χ1v) is 24.2. The van der Waals surface area contributed by atoms with Crippen molar-refractivity contribution >= 4 is 91.1 Å². The molecule has 0 atom stereocenters. The Labute approximate surface area is 286 Å². The Morgan fingerprint density at radius 3 is 1.14 bits per heavy atom. The molecule has 9 heteroatoms. The number of unbranched alkanes of at least 4 members (excludes halogenated alkanes) is 14. The van der Waals surface area contributed by atoms with Gasteiger partial charge >= 0.3 is 29.1 Å². The molecule has 37 heavy (non-hydrogen) atoms. The molecule has 0 saturated heterocycles. The number of rotatable bonds is 20. The van der Waals surface area contributed by atoms with Crippen molar-refractivity contribution in [3.8, 4) is 0 Å². The van der Waals surface area contributed by atoms with E-state index in [1.165, 1.54) is 96.3 Å². The van der Waals surface area contributed by atoms with E-state index in [1.807, 2.05) is 0 Å². The van der Waals surface area contributed by atoms with Crippen molar-refractivity contribution in [1.82, 2.24) is 0 Å². The van der Waals surface area contributed by atoms with Crippen LogP contribution in [0.3, 0.4) is 0 Å². The maximum absolute atomic E-state index is 6.42. The van der Waals surface area contributed by atoms with Crippen molar-refractivity contribution in [2.24, 2.45) is 11.8 Å². The van der Waals surface area contributed by atoms with E-state index in [0.717, 1.165) is 24.6 Å². The number of hydrogen-bond acceptors (Lipinski definition) is 0. The average Bonchev–Trinajstić information content (AvgIpc) is 2.71. The van der Waals surface area contributed by atoms with Gasteiger partial charge in [-0.1, -0.05) is 138 Å². The summed E-state index contributed by atoms with van der Waals surface area (Å²) in [5.74, 6) is 1.15. The van der Waals surface area contributed by atoms with Crippen molar-refractivity contribution in [2.45, 2.75) is 162 Å². The van der Waals surface area contributed by atoms with Crippen LogP contribution in [0.1, 0.15) is 144 Å². The van der Waals surface area contributed by atoms with E-state index >= 15 is 0 Å². The Bertz CT molecular complexity index is 405. The quantitative estimate of drug-likeness (QED) is 0.0506. The molecule has 0 aromatic rings. The molecule has 0 radical (unpaired) electrons. The zero-order valence-corrected chi connectivity index (χ0v) is 34.1. The van der Waals surface area contributed by atoms with Gasteiger partial charge in [0.25, 0.3) is 6.69 Å². The molecule has 0 aromatic heterocycles. The fourth-order valence-corrected chi connectivity index (χ4v) is 12.3. The molecule has 0 saturated carbocycles. The van der Waals surface area contributed by atoms with Gasteiger partial charge in [0.2, 0.25) is 0 Å². The van der Waals surface area contributed by atoms with E-state index in [0.29, 0.717) is 11.8 Å². The average molecular weight is 734 g/mol. The monoisotopic (exact) mass is 730 g/mol. The largest absolute Gasteiger partial charge is 2.00 e. The second-order valence-corrected chi connectivity index (χ2v) is 27.6. The molecule has 0 fully saturated rings. The third-order valence-electron chi connectivity index (χ3n) is 5.60. The molecule has 224 valence electrons. The molecule has 0 aromatic carbocycles. The standard InChI is InChI=1S/C14H30Cl2Si.C10H21.C4H9Cl3Si.BrH.Mg/c1-4-5-6-7-8-9-10-11-12-17(15,16)13-14(2)3;1-3-5-7-9-10-8-6-4-2;1-4(2)3-8(5,6)7;;/h14H,4-13H2,1-3H3;1,3-10H2,2H3;4H,3H2,1-2H3;1H;/q;-1;;;+2/p-1. The summed E-state index contributed by atoms with van der Waals surface area (Å²) in [5, 5.41) is 0. The Morgan fingerprint density at radius 1 is 0.541 bits per heavy atom. The molecule has 0 unspecified atom stereocenters. The first kappa shape index (κ1) is 49.8. The molecule has 0 rings (SSSR count). The summed E-state index contributed by atoms with van der Waals surface area (Å²) in [6.45, 7) is 15.0. The number of halogens is 6. The van der Waals surface area contributed by atoms with Gasteiger partial charge < -0.3 is 23.9 Å². The van der Waals surface area contributed by atoms with Crippen LogP contribution in [-0.4, -0.2) is 35.7 Å².